The molecular formula is C30H32N2O4. The summed E-state index contributed by atoms with van der Waals surface area (Å²) in [6, 6.07) is 8.93. The highest BCUT2D eigenvalue weighted by atomic mass is 16.5. The number of carboxylic acids is 1. The highest BCUT2D eigenvalue weighted by Gasteiger charge is 2.47. The number of nitrogens with zero attached hydrogens (tertiary/aromatic N) is 2. The van der Waals surface area contributed by atoms with Crippen molar-refractivity contribution >= 4 is 22.8 Å². The number of aliphatic carboxylic acids is 1. The monoisotopic (exact) mass is 484 g/mol. The topological polar surface area (TPSA) is 71.8 Å². The number of allylic oxidation sites excluding steroid dienone is 4. The molecule has 0 radical (unpaired) electrons. The van der Waals surface area contributed by atoms with Crippen molar-refractivity contribution in [3.05, 3.63) is 70.0 Å². The molecule has 1 unspecified atom stereocenters. The van der Waals surface area contributed by atoms with Crippen molar-refractivity contribution in [1.29, 1.82) is 0 Å². The predicted octanol–water partition coefficient (Wildman–Crippen LogP) is 4.91. The standard InChI is InChI=1S/C30H32N2O4/c33-29(31-12-14-36-15-13-31)22-11-5-10-21-25(22)24-16-19-8-4-9-20(18-6-2-1-3-7-18)28(19)32(24)17-23-26(21)27(23)30(34)35/h4-5,8-10,16,18,22,25H,1-3,6-7,11-15,17H2,(H,34,35)/t22-,25?/m1/s1. The van der Waals surface area contributed by atoms with Crippen molar-refractivity contribution in [2.45, 2.75) is 56.9 Å². The fourth-order valence-corrected chi connectivity index (χ4v) is 7.31. The summed E-state index contributed by atoms with van der Waals surface area (Å²) < 4.78 is 7.88. The lowest BCUT2D eigenvalue weighted by Gasteiger charge is -2.36. The number of para-hydroxylation sites is 1. The number of aromatic nitrogens is 1. The minimum atomic E-state index is -0.853. The maximum atomic E-state index is 13.9. The van der Waals surface area contributed by atoms with Gasteiger partial charge in [-0.3, -0.25) is 4.79 Å². The Morgan fingerprint density at radius 2 is 1.86 bits per heavy atom. The molecule has 36 heavy (non-hydrogen) atoms. The van der Waals surface area contributed by atoms with Crippen LogP contribution in [0.1, 0.15) is 61.6 Å². The quantitative estimate of drug-likeness (QED) is 0.672. The molecule has 2 fully saturated rings. The third-order valence-electron chi connectivity index (χ3n) is 9.02. The first-order valence-electron chi connectivity index (χ1n) is 13.5. The third kappa shape index (κ3) is 3.34. The Hall–Kier alpha value is -3.12. The van der Waals surface area contributed by atoms with E-state index in [9.17, 15) is 14.7 Å². The van der Waals surface area contributed by atoms with E-state index in [1.54, 1.807) is 0 Å². The van der Waals surface area contributed by atoms with Gasteiger partial charge in [0.25, 0.3) is 0 Å². The van der Waals surface area contributed by atoms with Gasteiger partial charge in [-0.05, 0) is 53.5 Å². The average molecular weight is 485 g/mol. The zero-order valence-electron chi connectivity index (χ0n) is 20.5. The number of morpholine rings is 1. The van der Waals surface area contributed by atoms with E-state index in [0.717, 1.165) is 22.4 Å². The molecule has 6 heteroatoms. The van der Waals surface area contributed by atoms with E-state index in [1.165, 1.54) is 48.6 Å². The molecule has 6 nitrogen and oxygen atoms in total. The normalized spacial score (nSPS) is 25.9. The van der Waals surface area contributed by atoms with Crippen LogP contribution in [-0.4, -0.2) is 52.8 Å². The van der Waals surface area contributed by atoms with Gasteiger partial charge in [-0.15, -0.1) is 0 Å². The highest BCUT2D eigenvalue weighted by Crippen LogP contribution is 2.54. The Kier molecular flexibility index (Phi) is 5.21. The summed E-state index contributed by atoms with van der Waals surface area (Å²) in [5, 5.41) is 11.2. The van der Waals surface area contributed by atoms with Crippen molar-refractivity contribution in [2.75, 3.05) is 26.3 Å². The van der Waals surface area contributed by atoms with Crippen molar-refractivity contribution in [3.8, 4) is 0 Å². The molecule has 1 saturated carbocycles. The van der Waals surface area contributed by atoms with Crippen molar-refractivity contribution < 1.29 is 19.4 Å². The van der Waals surface area contributed by atoms with Gasteiger partial charge in [0.2, 0.25) is 5.91 Å². The molecular weight excluding hydrogens is 452 g/mol. The molecule has 186 valence electrons. The van der Waals surface area contributed by atoms with Crippen LogP contribution in [0.15, 0.2) is 58.7 Å². The molecule has 1 amide bonds. The number of rotatable bonds is 3. The van der Waals surface area contributed by atoms with E-state index in [-0.39, 0.29) is 17.7 Å². The number of carboxylic acid groups (broad SMARTS) is 1. The zero-order valence-corrected chi connectivity index (χ0v) is 20.5. The first kappa shape index (κ1) is 22.1. The fourth-order valence-electron chi connectivity index (χ4n) is 7.31. The molecule has 5 aliphatic rings. The van der Waals surface area contributed by atoms with Crippen molar-refractivity contribution in [1.82, 2.24) is 9.47 Å². The van der Waals surface area contributed by atoms with Crippen LogP contribution in [0.5, 0.6) is 0 Å². The van der Waals surface area contributed by atoms with Crippen LogP contribution >= 0.6 is 0 Å². The summed E-state index contributed by atoms with van der Waals surface area (Å²) in [6.45, 7) is 2.97. The number of fused-ring (bicyclic) bond motifs is 6. The molecule has 2 aliphatic heterocycles. The van der Waals surface area contributed by atoms with Crippen LogP contribution in [0, 0.1) is 5.92 Å². The van der Waals surface area contributed by atoms with Crippen LogP contribution in [-0.2, 0) is 20.9 Å². The SMILES string of the molecule is O=C(O)C1=C2Cn3c(cc4cccc(C5CCCCC5)c43)C3C(=C21)C=CC[C@H]3C(=O)N1CCOCC1. The second-order valence-corrected chi connectivity index (χ2v) is 10.9. The first-order valence-corrected chi connectivity index (χ1v) is 13.5. The largest absolute Gasteiger partial charge is 0.478 e. The van der Waals surface area contributed by atoms with Gasteiger partial charge in [0.1, 0.15) is 0 Å². The summed E-state index contributed by atoms with van der Waals surface area (Å²) in [7, 11) is 0. The zero-order chi connectivity index (χ0) is 24.4. The number of carbonyl (C=O) groups excluding carboxylic acids is 1. The molecule has 2 atom stereocenters. The van der Waals surface area contributed by atoms with E-state index in [2.05, 4.69) is 41.0 Å². The van der Waals surface area contributed by atoms with E-state index in [0.29, 0.717) is 50.8 Å². The maximum absolute atomic E-state index is 13.9. The lowest BCUT2D eigenvalue weighted by Crippen LogP contribution is -2.45. The van der Waals surface area contributed by atoms with Gasteiger partial charge >= 0.3 is 5.97 Å². The predicted molar refractivity (Wildman–Crippen MR) is 137 cm³/mol. The van der Waals surface area contributed by atoms with Gasteiger partial charge < -0.3 is 19.3 Å². The summed E-state index contributed by atoms with van der Waals surface area (Å²) in [5.41, 5.74) is 7.09. The maximum Gasteiger partial charge on any atom is 0.336 e. The van der Waals surface area contributed by atoms with Gasteiger partial charge in [0.05, 0.1) is 30.2 Å². The van der Waals surface area contributed by atoms with Crippen LogP contribution in [0.3, 0.4) is 0 Å². The Morgan fingerprint density at radius 1 is 1.06 bits per heavy atom. The van der Waals surface area contributed by atoms with E-state index < -0.39 is 5.97 Å². The second kappa shape index (κ2) is 8.48. The summed E-state index contributed by atoms with van der Waals surface area (Å²) in [4.78, 5) is 28.0. The Labute approximate surface area is 210 Å². The number of amides is 1. The second-order valence-electron chi connectivity index (χ2n) is 10.9. The van der Waals surface area contributed by atoms with Crippen LogP contribution in [0.2, 0.25) is 0 Å². The molecule has 3 aliphatic carbocycles. The minimum absolute atomic E-state index is 0.138. The number of carbonyl (C=O) groups is 2. The van der Waals surface area contributed by atoms with E-state index in [4.69, 9.17) is 4.74 Å². The Bertz CT molecular complexity index is 1360. The molecule has 2 aromatic rings. The molecule has 3 heterocycles. The van der Waals surface area contributed by atoms with Gasteiger partial charge in [-0.1, -0.05) is 49.6 Å². The summed E-state index contributed by atoms with van der Waals surface area (Å²) in [6.07, 6.45) is 11.1. The summed E-state index contributed by atoms with van der Waals surface area (Å²) in [5.74, 6) is -0.515. The van der Waals surface area contributed by atoms with Gasteiger partial charge in [0.15, 0.2) is 0 Å². The number of benzene rings is 1. The minimum Gasteiger partial charge on any atom is -0.478 e. The number of hydrogen-bond donors (Lipinski definition) is 1. The molecule has 1 aromatic carbocycles. The van der Waals surface area contributed by atoms with E-state index >= 15 is 0 Å². The number of hydrogen-bond acceptors (Lipinski definition) is 3. The molecule has 0 bridgehead atoms. The lowest BCUT2D eigenvalue weighted by molar-refractivity contribution is -0.140. The van der Waals surface area contributed by atoms with Crippen LogP contribution in [0.25, 0.3) is 10.9 Å². The Balaban J connectivity index is 1.41. The lowest BCUT2D eigenvalue weighted by atomic mass is 9.76. The van der Waals surface area contributed by atoms with Gasteiger partial charge in [-0.25, -0.2) is 4.79 Å². The smallest absolute Gasteiger partial charge is 0.336 e. The summed E-state index contributed by atoms with van der Waals surface area (Å²) >= 11 is 0. The molecule has 7 rings (SSSR count). The third-order valence-corrected chi connectivity index (χ3v) is 9.02. The first-order chi connectivity index (χ1) is 17.6. The fraction of sp³-hybridized carbons (Fsp3) is 0.467. The van der Waals surface area contributed by atoms with Crippen LogP contribution in [0.4, 0.5) is 0 Å². The van der Waals surface area contributed by atoms with Crippen molar-refractivity contribution in [2.24, 2.45) is 5.92 Å². The van der Waals surface area contributed by atoms with Gasteiger partial charge in [-0.2, -0.15) is 0 Å². The Morgan fingerprint density at radius 3 is 2.64 bits per heavy atom. The average Bonchev–Trinajstić information content (AvgIpc) is 3.56. The number of ether oxygens (including phenoxy) is 1. The molecule has 0 spiro atoms. The van der Waals surface area contributed by atoms with Crippen LogP contribution < -0.4 is 0 Å². The highest BCUT2D eigenvalue weighted by molar-refractivity contribution is 6.05. The molecule has 1 aromatic heterocycles. The van der Waals surface area contributed by atoms with E-state index in [1.807, 2.05) is 4.90 Å². The van der Waals surface area contributed by atoms with Crippen molar-refractivity contribution in [3.63, 3.8) is 0 Å². The van der Waals surface area contributed by atoms with Gasteiger partial charge in [0, 0.05) is 36.6 Å². The molecule has 1 N–H and O–H groups in total. The molecule has 1 saturated heterocycles.